The van der Waals surface area contributed by atoms with Crippen molar-refractivity contribution in [2.24, 2.45) is 23.2 Å². The predicted octanol–water partition coefficient (Wildman–Crippen LogP) is 3.49. The van der Waals surface area contributed by atoms with Crippen molar-refractivity contribution in [3.63, 3.8) is 0 Å². The average molecular weight is 485 g/mol. The molecular formula is C28H36O7. The molecule has 0 radical (unpaired) electrons. The van der Waals surface area contributed by atoms with Crippen molar-refractivity contribution in [2.75, 3.05) is 0 Å². The molecule has 35 heavy (non-hydrogen) atoms. The molecule has 0 aromatic carbocycles. The molecule has 2 unspecified atom stereocenters. The second-order valence-corrected chi connectivity index (χ2v) is 12.0. The van der Waals surface area contributed by atoms with Gasteiger partial charge >= 0.3 is 5.97 Å². The molecule has 0 saturated carbocycles. The van der Waals surface area contributed by atoms with Crippen molar-refractivity contribution in [1.29, 1.82) is 0 Å². The lowest BCUT2D eigenvalue weighted by molar-refractivity contribution is -0.346. The summed E-state index contributed by atoms with van der Waals surface area (Å²) in [5, 5.41) is 23.4. The summed E-state index contributed by atoms with van der Waals surface area (Å²) in [5.41, 5.74) is -0.0488. The first-order valence-corrected chi connectivity index (χ1v) is 13.0. The summed E-state index contributed by atoms with van der Waals surface area (Å²) in [5.74, 6) is -2.34. The van der Waals surface area contributed by atoms with Crippen LogP contribution >= 0.6 is 0 Å². The Morgan fingerprint density at radius 3 is 2.60 bits per heavy atom. The maximum Gasteiger partial charge on any atom is 0.334 e. The van der Waals surface area contributed by atoms with Crippen molar-refractivity contribution in [3.05, 3.63) is 34.9 Å². The molecule has 3 saturated heterocycles. The smallest absolute Gasteiger partial charge is 0.334 e. The molecular weight excluding hydrogens is 448 g/mol. The number of hydrogen-bond acceptors (Lipinski definition) is 7. The summed E-state index contributed by atoms with van der Waals surface area (Å²) in [7, 11) is 0. The van der Waals surface area contributed by atoms with Gasteiger partial charge in [-0.05, 0) is 71.8 Å². The monoisotopic (exact) mass is 484 g/mol. The first kappa shape index (κ1) is 23.6. The van der Waals surface area contributed by atoms with Crippen molar-refractivity contribution in [1.82, 2.24) is 0 Å². The minimum Gasteiger partial charge on any atom is -0.456 e. The van der Waals surface area contributed by atoms with Crippen molar-refractivity contribution < 1.29 is 34.0 Å². The van der Waals surface area contributed by atoms with E-state index in [-0.39, 0.29) is 29.5 Å². The number of fused-ring (bicyclic) bond motifs is 5. The molecule has 0 amide bonds. The van der Waals surface area contributed by atoms with E-state index in [2.05, 4.69) is 6.08 Å². The zero-order valence-electron chi connectivity index (χ0n) is 21.0. The van der Waals surface area contributed by atoms with Crippen molar-refractivity contribution >= 4 is 11.8 Å². The standard InChI is InChI=1S/C28H36O7/c1-15-14-22(33-23(30)16(15)2)26(4)20-11-13-28(32)19-9-8-17-6-5-7-21(29)25(17,3)18(19)10-12-27(20,35-28)24(31)34-26/h5,7-8,18-20,22,24,31-32H,6,9-14H2,1-4H3/t18-,19+,20+,22+,24?,25-,26+,27+,28?/m0/s1. The molecule has 1 spiro atoms. The Morgan fingerprint density at radius 2 is 1.86 bits per heavy atom. The number of aliphatic hydroxyl groups is 2. The number of carbonyl (C=O) groups excluding carboxylic acids is 2. The highest BCUT2D eigenvalue weighted by Crippen LogP contribution is 2.64. The highest BCUT2D eigenvalue weighted by molar-refractivity contribution is 5.98. The number of ketones is 1. The van der Waals surface area contributed by atoms with Crippen LogP contribution in [0.2, 0.25) is 0 Å². The van der Waals surface area contributed by atoms with Gasteiger partial charge in [0.2, 0.25) is 0 Å². The Morgan fingerprint density at radius 1 is 1.09 bits per heavy atom. The van der Waals surface area contributed by atoms with E-state index in [1.54, 1.807) is 13.0 Å². The minimum atomic E-state index is -1.46. The van der Waals surface area contributed by atoms with Crippen LogP contribution in [0.25, 0.3) is 0 Å². The second kappa shape index (κ2) is 7.37. The van der Waals surface area contributed by atoms with E-state index in [1.165, 1.54) is 0 Å². The minimum absolute atomic E-state index is 0.0820. The number of allylic oxidation sites excluding steroid dienone is 4. The number of cyclic esters (lactones) is 1. The van der Waals surface area contributed by atoms with Gasteiger partial charge in [0.25, 0.3) is 0 Å². The summed E-state index contributed by atoms with van der Waals surface area (Å²) >= 11 is 0. The van der Waals surface area contributed by atoms with Crippen LogP contribution in [0.5, 0.6) is 0 Å². The van der Waals surface area contributed by atoms with Gasteiger partial charge in [-0.3, -0.25) is 4.79 Å². The van der Waals surface area contributed by atoms with Crippen LogP contribution in [0.1, 0.15) is 72.6 Å². The lowest BCUT2D eigenvalue weighted by atomic mass is 9.55. The van der Waals surface area contributed by atoms with Gasteiger partial charge in [-0.15, -0.1) is 0 Å². The van der Waals surface area contributed by atoms with Crippen LogP contribution in [0.4, 0.5) is 0 Å². The van der Waals surface area contributed by atoms with Gasteiger partial charge in [-0.2, -0.15) is 0 Å². The van der Waals surface area contributed by atoms with Crippen LogP contribution < -0.4 is 0 Å². The Balaban J connectivity index is 1.38. The largest absolute Gasteiger partial charge is 0.456 e. The summed E-state index contributed by atoms with van der Waals surface area (Å²) in [6.07, 6.45) is 7.90. The molecule has 2 bridgehead atoms. The molecule has 190 valence electrons. The van der Waals surface area contributed by atoms with Gasteiger partial charge in [0, 0.05) is 30.3 Å². The summed E-state index contributed by atoms with van der Waals surface area (Å²) in [6, 6.07) is 0. The Kier molecular flexibility index (Phi) is 4.97. The molecule has 3 fully saturated rings. The number of ether oxygens (including phenoxy) is 3. The van der Waals surface area contributed by atoms with Crippen LogP contribution in [0.3, 0.4) is 0 Å². The van der Waals surface area contributed by atoms with Crippen molar-refractivity contribution in [2.45, 2.75) is 102 Å². The molecule has 4 aliphatic heterocycles. The fourth-order valence-corrected chi connectivity index (χ4v) is 8.32. The van der Waals surface area contributed by atoms with Gasteiger partial charge in [-0.25, -0.2) is 4.79 Å². The first-order chi connectivity index (χ1) is 16.5. The Labute approximate surface area is 206 Å². The number of esters is 1. The van der Waals surface area contributed by atoms with E-state index in [0.29, 0.717) is 44.1 Å². The molecule has 7 heteroatoms. The van der Waals surface area contributed by atoms with E-state index in [4.69, 9.17) is 14.2 Å². The van der Waals surface area contributed by atoms with Gasteiger partial charge in [-0.1, -0.05) is 23.3 Å². The average Bonchev–Trinajstić information content (AvgIpc) is 2.96. The van der Waals surface area contributed by atoms with Crippen LogP contribution in [0.15, 0.2) is 34.9 Å². The first-order valence-electron chi connectivity index (χ1n) is 13.0. The van der Waals surface area contributed by atoms with E-state index < -0.39 is 34.8 Å². The van der Waals surface area contributed by atoms with Gasteiger partial charge in [0.05, 0.1) is 5.41 Å². The van der Waals surface area contributed by atoms with Gasteiger partial charge in [0.15, 0.2) is 17.9 Å². The third-order valence-corrected chi connectivity index (χ3v) is 10.6. The number of aliphatic hydroxyl groups excluding tert-OH is 1. The van der Waals surface area contributed by atoms with Crippen LogP contribution in [-0.4, -0.2) is 51.3 Å². The fraction of sp³-hybridized carbons (Fsp3) is 0.714. The molecule has 4 heterocycles. The summed E-state index contributed by atoms with van der Waals surface area (Å²) in [6.45, 7) is 7.62. The molecule has 6 aliphatic rings. The number of rotatable bonds is 1. The quantitative estimate of drug-likeness (QED) is 0.434. The predicted molar refractivity (Wildman–Crippen MR) is 126 cm³/mol. The van der Waals surface area contributed by atoms with E-state index >= 15 is 0 Å². The van der Waals surface area contributed by atoms with Crippen LogP contribution in [-0.2, 0) is 23.8 Å². The highest BCUT2D eigenvalue weighted by atomic mass is 16.7. The second-order valence-electron chi connectivity index (χ2n) is 12.0. The molecule has 9 atom stereocenters. The summed E-state index contributed by atoms with van der Waals surface area (Å²) < 4.78 is 18.7. The maximum absolute atomic E-state index is 13.2. The summed E-state index contributed by atoms with van der Waals surface area (Å²) in [4.78, 5) is 25.8. The maximum atomic E-state index is 13.2. The van der Waals surface area contributed by atoms with Crippen molar-refractivity contribution in [3.8, 4) is 0 Å². The molecule has 6 rings (SSSR count). The third kappa shape index (κ3) is 2.93. The zero-order valence-corrected chi connectivity index (χ0v) is 21.0. The normalized spacial score (nSPS) is 51.1. The van der Waals surface area contributed by atoms with E-state index in [0.717, 1.165) is 17.6 Å². The molecule has 2 N–H and O–H groups in total. The fourth-order valence-electron chi connectivity index (χ4n) is 8.32. The van der Waals surface area contributed by atoms with Gasteiger partial charge in [0.1, 0.15) is 17.3 Å². The topological polar surface area (TPSA) is 102 Å². The van der Waals surface area contributed by atoms with Gasteiger partial charge < -0.3 is 24.4 Å². The lowest BCUT2D eigenvalue weighted by Gasteiger charge is -2.53. The Hall–Kier alpha value is -1.80. The molecule has 0 aromatic heterocycles. The van der Waals surface area contributed by atoms with E-state index in [9.17, 15) is 19.8 Å². The number of carbonyl (C=O) groups is 2. The highest BCUT2D eigenvalue weighted by Gasteiger charge is 2.72. The third-order valence-electron chi connectivity index (χ3n) is 10.6. The molecule has 2 aliphatic carbocycles. The lowest BCUT2D eigenvalue weighted by Crippen LogP contribution is -2.62. The SMILES string of the molecule is CC1=C(C)C(=O)O[C@@H]([C@]2(C)OC(O)[C@@]34CC[C@H]5[C@@H](CC=C6CC=CC(=O)[C@@]65C)C(O)(CC[C@H]23)O4)C1. The number of hydrogen-bond donors (Lipinski definition) is 2. The molecule has 7 nitrogen and oxygen atoms in total. The van der Waals surface area contributed by atoms with Crippen LogP contribution in [0, 0.1) is 23.2 Å². The molecule has 0 aromatic rings. The van der Waals surface area contributed by atoms with E-state index in [1.807, 2.05) is 26.8 Å². The Bertz CT molecular complexity index is 1090. The zero-order chi connectivity index (χ0) is 25.0.